The molecule has 0 aromatic rings. The van der Waals surface area contributed by atoms with E-state index in [0.29, 0.717) is 0 Å². The fourth-order valence-electron chi connectivity index (χ4n) is 1.27. The van der Waals surface area contributed by atoms with Crippen LogP contribution in [0.1, 0.15) is 22.2 Å². The molecule has 0 unspecified atom stereocenters. The van der Waals surface area contributed by atoms with Crippen LogP contribution in [0, 0.1) is 5.41 Å². The van der Waals surface area contributed by atoms with Gasteiger partial charge in [-0.05, 0) is 20.8 Å². The first-order valence-corrected chi connectivity index (χ1v) is 8.67. The summed E-state index contributed by atoms with van der Waals surface area (Å²) in [6.45, 7) is 9.31. The summed E-state index contributed by atoms with van der Waals surface area (Å²) in [5.74, 6) is -3.29. The molecule has 0 spiro atoms. The second kappa shape index (κ2) is 11.2. The Kier molecular flexibility index (Phi) is 11.5. The van der Waals surface area contributed by atoms with Gasteiger partial charge in [0.1, 0.15) is 31.0 Å². The van der Waals surface area contributed by atoms with E-state index in [4.69, 9.17) is 18.8 Å². The molecular weight excluding hydrogens is 363 g/mol. The van der Waals surface area contributed by atoms with Gasteiger partial charge in [-0.15, -0.1) is 0 Å². The smallest absolute Gasteiger partial charge is 1.00 e. The van der Waals surface area contributed by atoms with Crippen LogP contribution in [-0.2, 0) is 38.7 Å². The average Bonchev–Trinajstić information content (AvgIpc) is 2.48. The Bertz CT molecular complexity index is 643. The van der Waals surface area contributed by atoms with Crippen molar-refractivity contribution >= 4 is 28.0 Å². The van der Waals surface area contributed by atoms with Crippen molar-refractivity contribution in [3.8, 4) is 0 Å². The summed E-state index contributed by atoms with van der Waals surface area (Å²) in [7, 11) is -4.31. The first kappa shape index (κ1) is 26.6. The van der Waals surface area contributed by atoms with Crippen molar-refractivity contribution in [3.63, 3.8) is 0 Å². The Morgan fingerprint density at radius 3 is 1.69 bits per heavy atom. The zero-order valence-electron chi connectivity index (χ0n) is 16.4. The Morgan fingerprint density at radius 1 is 1.00 bits per heavy atom. The van der Waals surface area contributed by atoms with Crippen LogP contribution >= 0.6 is 0 Å². The summed E-state index contributed by atoms with van der Waals surface area (Å²) in [6.07, 6.45) is 0. The standard InChI is InChI=1S/C15H22O9S.Li.H/c1-10(2)12(16)23-8-15(5,9-24-13(17)11(3)4)14(18)22-6-7-25(19,20)21;;/h1,3,6-9H2,2,4-5H3,(H,19,20,21);;/q;+1;-1. The van der Waals surface area contributed by atoms with Gasteiger partial charge >= 0.3 is 36.8 Å². The molecule has 0 aliphatic carbocycles. The van der Waals surface area contributed by atoms with E-state index >= 15 is 0 Å². The largest absolute Gasteiger partial charge is 1.00 e. The fraction of sp³-hybridized carbons (Fsp3) is 0.533. The number of rotatable bonds is 10. The summed E-state index contributed by atoms with van der Waals surface area (Å²) < 4.78 is 44.5. The topological polar surface area (TPSA) is 133 Å². The molecule has 0 saturated carbocycles. The molecule has 0 aliphatic rings. The second-order valence-corrected chi connectivity index (χ2v) is 7.27. The predicted molar refractivity (Wildman–Crippen MR) is 88.1 cm³/mol. The van der Waals surface area contributed by atoms with E-state index in [1.165, 1.54) is 20.8 Å². The van der Waals surface area contributed by atoms with E-state index in [0.717, 1.165) is 0 Å². The first-order valence-electron chi connectivity index (χ1n) is 7.06. The monoisotopic (exact) mass is 386 g/mol. The van der Waals surface area contributed by atoms with Gasteiger partial charge in [-0.3, -0.25) is 9.35 Å². The van der Waals surface area contributed by atoms with E-state index in [1.807, 2.05) is 0 Å². The summed E-state index contributed by atoms with van der Waals surface area (Å²) in [5, 5.41) is 0. The van der Waals surface area contributed by atoms with Crippen LogP contribution in [0.2, 0.25) is 0 Å². The molecule has 0 aromatic heterocycles. The van der Waals surface area contributed by atoms with Crippen LogP contribution in [0.4, 0.5) is 0 Å². The van der Waals surface area contributed by atoms with Gasteiger partial charge in [0.15, 0.2) is 0 Å². The van der Waals surface area contributed by atoms with E-state index in [-0.39, 0.29) is 31.4 Å². The van der Waals surface area contributed by atoms with Crippen LogP contribution in [0.15, 0.2) is 24.3 Å². The molecule has 0 aromatic carbocycles. The van der Waals surface area contributed by atoms with Crippen molar-refractivity contribution in [3.05, 3.63) is 24.3 Å². The molecule has 0 amide bonds. The average molecular weight is 386 g/mol. The Hall–Kier alpha value is -1.60. The maximum Gasteiger partial charge on any atom is 1.00 e. The molecular formula is C15H23LiO9S. The van der Waals surface area contributed by atoms with Crippen LogP contribution in [-0.4, -0.2) is 56.5 Å². The molecule has 9 nitrogen and oxygen atoms in total. The molecule has 0 saturated heterocycles. The molecule has 1 N–H and O–H groups in total. The van der Waals surface area contributed by atoms with Gasteiger partial charge in [0.25, 0.3) is 10.1 Å². The molecule has 144 valence electrons. The number of hydrogen-bond acceptors (Lipinski definition) is 8. The molecule has 0 aliphatic heterocycles. The summed E-state index contributed by atoms with van der Waals surface area (Å²) in [5.41, 5.74) is -1.39. The van der Waals surface area contributed by atoms with Crippen LogP contribution in [0.25, 0.3) is 0 Å². The zero-order valence-corrected chi connectivity index (χ0v) is 16.2. The first-order chi connectivity index (χ1) is 11.3. The molecule has 0 bridgehead atoms. The maximum absolute atomic E-state index is 12.2. The fourth-order valence-corrected chi connectivity index (χ4v) is 1.56. The molecule has 0 radical (unpaired) electrons. The van der Waals surface area contributed by atoms with Crippen LogP contribution in [0.5, 0.6) is 0 Å². The quantitative estimate of drug-likeness (QED) is 0.146. The third kappa shape index (κ3) is 10.4. The van der Waals surface area contributed by atoms with Crippen molar-refractivity contribution in [2.24, 2.45) is 5.41 Å². The SMILES string of the molecule is C=C(C)C(=O)OCC(C)(COC(=O)C(=C)C)C(=O)OCCS(=O)(=O)O.[H-].[Li+]. The minimum Gasteiger partial charge on any atom is -1.00 e. The molecule has 0 fully saturated rings. The minimum absolute atomic E-state index is 0. The number of hydrogen-bond donors (Lipinski definition) is 1. The third-order valence-electron chi connectivity index (χ3n) is 2.81. The normalized spacial score (nSPS) is 10.9. The zero-order chi connectivity index (χ0) is 19.8. The van der Waals surface area contributed by atoms with Gasteiger partial charge in [0, 0.05) is 11.1 Å². The van der Waals surface area contributed by atoms with Gasteiger partial charge in [0.05, 0.1) is 0 Å². The number of esters is 3. The maximum atomic E-state index is 12.2. The van der Waals surface area contributed by atoms with E-state index in [9.17, 15) is 22.8 Å². The summed E-state index contributed by atoms with van der Waals surface area (Å²) in [4.78, 5) is 35.2. The molecule has 11 heteroatoms. The molecule has 0 heterocycles. The van der Waals surface area contributed by atoms with Crippen molar-refractivity contribution < 1.29 is 61.9 Å². The van der Waals surface area contributed by atoms with Crippen LogP contribution in [0.3, 0.4) is 0 Å². The van der Waals surface area contributed by atoms with Crippen molar-refractivity contribution in [1.82, 2.24) is 0 Å². The molecule has 0 rings (SSSR count). The van der Waals surface area contributed by atoms with E-state index in [2.05, 4.69) is 13.2 Å². The van der Waals surface area contributed by atoms with Gasteiger partial charge < -0.3 is 15.6 Å². The van der Waals surface area contributed by atoms with Gasteiger partial charge in [-0.2, -0.15) is 8.42 Å². The number of ether oxygens (including phenoxy) is 3. The van der Waals surface area contributed by atoms with Crippen molar-refractivity contribution in [2.45, 2.75) is 20.8 Å². The minimum atomic E-state index is -4.31. The Balaban J connectivity index is -0.00000288. The number of carbonyl (C=O) groups excluding carboxylic acids is 3. The second-order valence-electron chi connectivity index (χ2n) is 5.70. The van der Waals surface area contributed by atoms with Gasteiger partial charge in [-0.25, -0.2) is 9.59 Å². The molecule has 0 atom stereocenters. The van der Waals surface area contributed by atoms with Crippen molar-refractivity contribution in [2.75, 3.05) is 25.6 Å². The van der Waals surface area contributed by atoms with Crippen molar-refractivity contribution in [1.29, 1.82) is 0 Å². The number of carbonyl (C=O) groups is 3. The summed E-state index contributed by atoms with van der Waals surface area (Å²) >= 11 is 0. The van der Waals surface area contributed by atoms with E-state index < -0.39 is 59.0 Å². The molecule has 26 heavy (non-hydrogen) atoms. The Labute approximate surface area is 166 Å². The van der Waals surface area contributed by atoms with Gasteiger partial charge in [-0.1, -0.05) is 13.2 Å². The van der Waals surface area contributed by atoms with E-state index in [1.54, 1.807) is 0 Å². The van der Waals surface area contributed by atoms with Gasteiger partial charge in [0.2, 0.25) is 0 Å². The predicted octanol–water partition coefficient (Wildman–Crippen LogP) is -2.22. The summed E-state index contributed by atoms with van der Waals surface area (Å²) in [6, 6.07) is 0. The Morgan fingerprint density at radius 2 is 1.38 bits per heavy atom. The third-order valence-corrected chi connectivity index (χ3v) is 3.49. The van der Waals surface area contributed by atoms with Crippen LogP contribution < -0.4 is 18.9 Å².